The summed E-state index contributed by atoms with van der Waals surface area (Å²) in [6, 6.07) is 8.31. The molecule has 1 aromatic heterocycles. The Bertz CT molecular complexity index is 648. The summed E-state index contributed by atoms with van der Waals surface area (Å²) in [5.74, 6) is 0.803. The first-order valence-electron chi connectivity index (χ1n) is 6.86. The molecule has 1 aromatic carbocycles. The Morgan fingerprint density at radius 1 is 1.32 bits per heavy atom. The molecule has 0 spiro atoms. The van der Waals surface area contributed by atoms with Crippen molar-refractivity contribution in [3.63, 3.8) is 0 Å². The highest BCUT2D eigenvalue weighted by molar-refractivity contribution is 7.17. The van der Waals surface area contributed by atoms with Crippen LogP contribution in [0.4, 0.5) is 0 Å². The number of hydrogen-bond acceptors (Lipinski definition) is 2. The molecule has 2 aliphatic rings. The summed E-state index contributed by atoms with van der Waals surface area (Å²) in [5, 5.41) is 13.1. The smallest absolute Gasteiger partial charge is 0.309 e. The van der Waals surface area contributed by atoms with Crippen molar-refractivity contribution in [1.82, 2.24) is 0 Å². The normalized spacial score (nSPS) is 32.4. The topological polar surface area (TPSA) is 37.3 Å². The van der Waals surface area contributed by atoms with Gasteiger partial charge in [0.2, 0.25) is 0 Å². The predicted octanol–water partition coefficient (Wildman–Crippen LogP) is 3.94. The molecule has 2 fully saturated rings. The lowest BCUT2D eigenvalue weighted by Crippen LogP contribution is -2.31. The van der Waals surface area contributed by atoms with Gasteiger partial charge in [-0.1, -0.05) is 18.2 Å². The van der Waals surface area contributed by atoms with Crippen LogP contribution in [0.5, 0.6) is 0 Å². The van der Waals surface area contributed by atoms with E-state index in [1.54, 1.807) is 11.3 Å². The maximum absolute atomic E-state index is 11.8. The van der Waals surface area contributed by atoms with E-state index in [1.807, 2.05) is 12.1 Å². The number of carboxylic acids is 1. The molecule has 1 N–H and O–H groups in total. The molecule has 19 heavy (non-hydrogen) atoms. The zero-order chi connectivity index (χ0) is 13.0. The number of fused-ring (bicyclic) bond motifs is 2. The van der Waals surface area contributed by atoms with Crippen molar-refractivity contribution in [3.05, 3.63) is 35.2 Å². The van der Waals surface area contributed by atoms with Gasteiger partial charge in [-0.05, 0) is 59.9 Å². The molecule has 2 nitrogen and oxygen atoms in total. The molecule has 2 unspecified atom stereocenters. The highest BCUT2D eigenvalue weighted by Gasteiger charge is 2.57. The van der Waals surface area contributed by atoms with Crippen LogP contribution in [0.15, 0.2) is 29.6 Å². The molecular formula is C16H16O2S. The Morgan fingerprint density at radius 3 is 2.79 bits per heavy atom. The second-order valence-electron chi connectivity index (χ2n) is 6.18. The van der Waals surface area contributed by atoms with Gasteiger partial charge in [-0.2, -0.15) is 0 Å². The summed E-state index contributed by atoms with van der Waals surface area (Å²) in [6.07, 6.45) is 3.74. The molecule has 2 atom stereocenters. The number of aliphatic carboxylic acids is 1. The number of carbonyl (C=O) groups is 1. The zero-order valence-electron chi connectivity index (χ0n) is 10.6. The van der Waals surface area contributed by atoms with Crippen molar-refractivity contribution in [2.45, 2.75) is 25.7 Å². The summed E-state index contributed by atoms with van der Waals surface area (Å²) >= 11 is 1.73. The molecule has 0 bridgehead atoms. The maximum Gasteiger partial charge on any atom is 0.309 e. The van der Waals surface area contributed by atoms with Crippen LogP contribution in [0.3, 0.4) is 0 Å². The van der Waals surface area contributed by atoms with Crippen LogP contribution >= 0.6 is 11.3 Å². The minimum absolute atomic E-state index is 0.489. The molecule has 0 radical (unpaired) electrons. The molecule has 3 heteroatoms. The van der Waals surface area contributed by atoms with Gasteiger partial charge in [0.1, 0.15) is 0 Å². The fraction of sp³-hybridized carbons (Fsp3) is 0.438. The van der Waals surface area contributed by atoms with Crippen LogP contribution in [-0.2, 0) is 11.2 Å². The SMILES string of the molecule is O=C(O)C1(Cc2csc3ccccc23)CC2CC2C1. The van der Waals surface area contributed by atoms with Gasteiger partial charge in [-0.15, -0.1) is 11.3 Å². The molecule has 1 heterocycles. The first-order chi connectivity index (χ1) is 9.18. The summed E-state index contributed by atoms with van der Waals surface area (Å²) in [7, 11) is 0. The zero-order valence-corrected chi connectivity index (χ0v) is 11.5. The van der Waals surface area contributed by atoms with E-state index in [0.29, 0.717) is 18.3 Å². The maximum atomic E-state index is 11.8. The summed E-state index contributed by atoms with van der Waals surface area (Å²) in [6.45, 7) is 0. The standard InChI is InChI=1S/C16H16O2S/c17-15(18)16(6-10-5-11(10)7-16)8-12-9-19-14-4-2-1-3-13(12)14/h1-4,9-11H,5-8H2,(H,17,18). The van der Waals surface area contributed by atoms with E-state index >= 15 is 0 Å². The van der Waals surface area contributed by atoms with E-state index in [0.717, 1.165) is 12.8 Å². The van der Waals surface area contributed by atoms with Gasteiger partial charge in [-0.3, -0.25) is 4.79 Å². The molecule has 4 rings (SSSR count). The molecule has 0 saturated heterocycles. The molecule has 0 amide bonds. The van der Waals surface area contributed by atoms with Gasteiger partial charge in [0.15, 0.2) is 0 Å². The monoisotopic (exact) mass is 272 g/mol. The van der Waals surface area contributed by atoms with E-state index in [-0.39, 0.29) is 0 Å². The van der Waals surface area contributed by atoms with E-state index in [2.05, 4.69) is 17.5 Å². The van der Waals surface area contributed by atoms with E-state index in [4.69, 9.17) is 0 Å². The van der Waals surface area contributed by atoms with Crippen LogP contribution in [0.1, 0.15) is 24.8 Å². The predicted molar refractivity (Wildman–Crippen MR) is 76.4 cm³/mol. The van der Waals surface area contributed by atoms with Crippen LogP contribution in [0.25, 0.3) is 10.1 Å². The molecule has 0 aliphatic heterocycles. The minimum atomic E-state index is -0.588. The van der Waals surface area contributed by atoms with Crippen LogP contribution < -0.4 is 0 Å². The number of rotatable bonds is 3. The van der Waals surface area contributed by atoms with E-state index in [1.165, 1.54) is 22.1 Å². The summed E-state index contributed by atoms with van der Waals surface area (Å²) < 4.78 is 1.26. The second kappa shape index (κ2) is 3.83. The number of carboxylic acid groups (broad SMARTS) is 1. The van der Waals surface area contributed by atoms with Gasteiger partial charge in [-0.25, -0.2) is 0 Å². The fourth-order valence-corrected chi connectivity index (χ4v) is 4.79. The van der Waals surface area contributed by atoms with Gasteiger partial charge >= 0.3 is 5.97 Å². The van der Waals surface area contributed by atoms with Gasteiger partial charge in [0.05, 0.1) is 5.41 Å². The minimum Gasteiger partial charge on any atom is -0.481 e. The lowest BCUT2D eigenvalue weighted by molar-refractivity contribution is -0.149. The van der Waals surface area contributed by atoms with Crippen molar-refractivity contribution in [2.24, 2.45) is 17.3 Å². The van der Waals surface area contributed by atoms with E-state index in [9.17, 15) is 9.90 Å². The Balaban J connectivity index is 1.71. The lowest BCUT2D eigenvalue weighted by Gasteiger charge is -2.25. The molecule has 2 aliphatic carbocycles. The first-order valence-corrected chi connectivity index (χ1v) is 7.74. The lowest BCUT2D eigenvalue weighted by atomic mass is 9.77. The number of benzene rings is 1. The Hall–Kier alpha value is -1.35. The number of hydrogen-bond donors (Lipinski definition) is 1. The van der Waals surface area contributed by atoms with Crippen molar-refractivity contribution in [3.8, 4) is 0 Å². The quantitative estimate of drug-likeness (QED) is 0.918. The van der Waals surface area contributed by atoms with Crippen molar-refractivity contribution in [2.75, 3.05) is 0 Å². The Labute approximate surface area is 116 Å². The highest BCUT2D eigenvalue weighted by atomic mass is 32.1. The highest BCUT2D eigenvalue weighted by Crippen LogP contribution is 2.61. The van der Waals surface area contributed by atoms with Crippen LogP contribution in [0.2, 0.25) is 0 Å². The molecule has 2 aromatic rings. The van der Waals surface area contributed by atoms with Crippen molar-refractivity contribution in [1.29, 1.82) is 0 Å². The largest absolute Gasteiger partial charge is 0.481 e. The Kier molecular flexibility index (Phi) is 2.31. The summed E-state index contributed by atoms with van der Waals surface area (Å²) in [4.78, 5) is 11.8. The Morgan fingerprint density at radius 2 is 2.05 bits per heavy atom. The van der Waals surface area contributed by atoms with Crippen molar-refractivity contribution < 1.29 is 9.90 Å². The molecular weight excluding hydrogens is 256 g/mol. The van der Waals surface area contributed by atoms with Gasteiger partial charge in [0, 0.05) is 4.70 Å². The summed E-state index contributed by atoms with van der Waals surface area (Å²) in [5.41, 5.74) is 0.738. The third-order valence-electron chi connectivity index (χ3n) is 4.92. The number of thiophene rings is 1. The first kappa shape index (κ1) is 11.5. The second-order valence-corrected chi connectivity index (χ2v) is 7.09. The molecule has 98 valence electrons. The van der Waals surface area contributed by atoms with Crippen LogP contribution in [0, 0.1) is 17.3 Å². The average Bonchev–Trinajstić information content (AvgIpc) is 2.86. The van der Waals surface area contributed by atoms with Gasteiger partial charge in [0.25, 0.3) is 0 Å². The van der Waals surface area contributed by atoms with Gasteiger partial charge < -0.3 is 5.11 Å². The third-order valence-corrected chi connectivity index (χ3v) is 5.93. The third kappa shape index (κ3) is 1.71. The van der Waals surface area contributed by atoms with Crippen LogP contribution in [-0.4, -0.2) is 11.1 Å². The fourth-order valence-electron chi connectivity index (χ4n) is 3.83. The van der Waals surface area contributed by atoms with E-state index < -0.39 is 11.4 Å². The average molecular weight is 272 g/mol. The molecule has 2 saturated carbocycles. The van der Waals surface area contributed by atoms with Crippen molar-refractivity contribution >= 4 is 27.4 Å².